The summed E-state index contributed by atoms with van der Waals surface area (Å²) in [7, 11) is 3.93. The third kappa shape index (κ3) is 0.864. The van der Waals surface area contributed by atoms with Crippen LogP contribution in [0.25, 0.3) is 0 Å². The molecule has 0 aromatic rings. The van der Waals surface area contributed by atoms with Gasteiger partial charge in [-0.2, -0.15) is 0 Å². The second-order valence-electron chi connectivity index (χ2n) is 2.96. The third-order valence-corrected chi connectivity index (χ3v) is 2.30. The van der Waals surface area contributed by atoms with Crippen LogP contribution in [-0.4, -0.2) is 30.2 Å². The van der Waals surface area contributed by atoms with E-state index in [4.69, 9.17) is 4.74 Å². The number of piperidine rings is 1. The van der Waals surface area contributed by atoms with E-state index in [0.717, 1.165) is 13.2 Å². The molecule has 3 heterocycles. The first kappa shape index (κ1) is 5.69. The van der Waals surface area contributed by atoms with Gasteiger partial charge in [-0.1, -0.05) is 0 Å². The summed E-state index contributed by atoms with van der Waals surface area (Å²) in [4.78, 5) is 2.16. The van der Waals surface area contributed by atoms with E-state index >= 15 is 0 Å². The van der Waals surface area contributed by atoms with Gasteiger partial charge in [-0.05, 0) is 19.4 Å². The van der Waals surface area contributed by atoms with E-state index in [1.807, 2.05) is 0 Å². The van der Waals surface area contributed by atoms with E-state index in [1.54, 1.807) is 0 Å². The quantitative estimate of drug-likeness (QED) is 0.442. The second kappa shape index (κ2) is 1.96. The van der Waals surface area contributed by atoms with Crippen molar-refractivity contribution in [1.29, 1.82) is 0 Å². The highest BCUT2D eigenvalue weighted by Crippen LogP contribution is 2.24. The minimum absolute atomic E-state index is 0.493. The smallest absolute Gasteiger partial charge is 0.0679 e. The summed E-state index contributed by atoms with van der Waals surface area (Å²) in [6.45, 7) is 1.96. The van der Waals surface area contributed by atoms with Gasteiger partial charge in [0, 0.05) is 6.04 Å². The van der Waals surface area contributed by atoms with Crippen molar-refractivity contribution in [3.63, 3.8) is 0 Å². The summed E-state index contributed by atoms with van der Waals surface area (Å²) in [5, 5.41) is 0. The van der Waals surface area contributed by atoms with Gasteiger partial charge in [0.05, 0.1) is 12.7 Å². The monoisotopic (exact) mass is 126 g/mol. The fourth-order valence-electron chi connectivity index (χ4n) is 1.63. The van der Waals surface area contributed by atoms with Crippen molar-refractivity contribution in [3.8, 4) is 0 Å². The molecule has 3 fully saturated rings. The highest BCUT2D eigenvalue weighted by atomic mass is 16.5. The average molecular weight is 126 g/mol. The molecule has 0 unspecified atom stereocenters. The van der Waals surface area contributed by atoms with Crippen LogP contribution in [0.3, 0.4) is 0 Å². The van der Waals surface area contributed by atoms with Gasteiger partial charge in [-0.15, -0.1) is 0 Å². The molecule has 0 radical (unpaired) electrons. The molecular formula is C7H12NO-. The molecule has 9 heavy (non-hydrogen) atoms. The molecule has 3 saturated heterocycles. The maximum Gasteiger partial charge on any atom is 0.0679 e. The maximum absolute atomic E-state index is 5.47. The van der Waals surface area contributed by atoms with E-state index in [9.17, 15) is 0 Å². The van der Waals surface area contributed by atoms with Gasteiger partial charge in [0.1, 0.15) is 0 Å². The minimum atomic E-state index is 0.493. The predicted molar refractivity (Wildman–Crippen MR) is 34.8 cm³/mol. The second-order valence-corrected chi connectivity index (χ2v) is 2.96. The van der Waals surface area contributed by atoms with Crippen molar-refractivity contribution in [1.82, 2.24) is 4.90 Å². The molecule has 0 aromatic carbocycles. The first-order valence-electron chi connectivity index (χ1n) is 3.55. The van der Waals surface area contributed by atoms with Crippen LogP contribution in [0.4, 0.5) is 0 Å². The largest absolute Gasteiger partial charge is 0.453 e. The van der Waals surface area contributed by atoms with Crippen molar-refractivity contribution >= 4 is 0 Å². The number of nitrogens with zero attached hydrogens (tertiary/aromatic N) is 1. The van der Waals surface area contributed by atoms with Gasteiger partial charge in [-0.25, -0.2) is 0 Å². The van der Waals surface area contributed by atoms with Crippen LogP contribution in [0.2, 0.25) is 0 Å². The Balaban J connectivity index is 2.06. The zero-order valence-electron chi connectivity index (χ0n) is 5.55. The first-order chi connectivity index (χ1) is 4.36. The SMILES string of the molecule is [CH2-]N1C[C@@H]2CC[C@H]1CO2. The topological polar surface area (TPSA) is 12.5 Å². The Morgan fingerprint density at radius 2 is 2.33 bits per heavy atom. The van der Waals surface area contributed by atoms with Gasteiger partial charge < -0.3 is 9.64 Å². The molecule has 0 aliphatic carbocycles. The molecule has 0 spiro atoms. The molecule has 3 rings (SSSR count). The number of fused-ring (bicyclic) bond motifs is 3. The molecule has 3 aliphatic rings. The van der Waals surface area contributed by atoms with Crippen LogP contribution in [0.1, 0.15) is 12.8 Å². The lowest BCUT2D eigenvalue weighted by Gasteiger charge is -2.48. The lowest BCUT2D eigenvalue weighted by atomic mass is 9.98. The predicted octanol–water partition coefficient (Wildman–Crippen LogP) is 0.641. The summed E-state index contributed by atoms with van der Waals surface area (Å²) >= 11 is 0. The Labute approximate surface area is 55.8 Å². The number of morpholine rings is 1. The fourth-order valence-corrected chi connectivity index (χ4v) is 1.63. The minimum Gasteiger partial charge on any atom is -0.453 e. The van der Waals surface area contributed by atoms with Crippen LogP contribution in [0.15, 0.2) is 0 Å². The number of rotatable bonds is 0. The van der Waals surface area contributed by atoms with E-state index in [0.29, 0.717) is 12.1 Å². The lowest BCUT2D eigenvalue weighted by molar-refractivity contribution is -0.0897. The fraction of sp³-hybridized carbons (Fsp3) is 0.857. The summed E-state index contributed by atoms with van der Waals surface area (Å²) in [6.07, 6.45) is 3.03. The molecule has 2 bridgehead atoms. The van der Waals surface area contributed by atoms with Crippen LogP contribution >= 0.6 is 0 Å². The number of hydrogen-bond donors (Lipinski definition) is 0. The van der Waals surface area contributed by atoms with E-state index < -0.39 is 0 Å². The molecule has 2 heteroatoms. The number of hydrogen-bond acceptors (Lipinski definition) is 2. The summed E-state index contributed by atoms with van der Waals surface area (Å²) in [6, 6.07) is 0.620. The first-order valence-corrected chi connectivity index (χ1v) is 3.55. The highest BCUT2D eigenvalue weighted by Gasteiger charge is 2.28. The Morgan fingerprint density at radius 3 is 2.56 bits per heavy atom. The van der Waals surface area contributed by atoms with Crippen LogP contribution in [0, 0.1) is 7.05 Å². The standard InChI is InChI=1S/C7H12NO/c1-8-4-7-3-2-6(8)5-9-7/h6-7H,1-5H2/q-1/t6-,7-/m0/s1. The summed E-state index contributed by atoms with van der Waals surface area (Å²) < 4.78 is 5.47. The molecule has 0 aromatic heterocycles. The zero-order chi connectivity index (χ0) is 6.27. The van der Waals surface area contributed by atoms with Crippen LogP contribution in [0.5, 0.6) is 0 Å². The normalized spacial score (nSPS) is 43.7. The zero-order valence-corrected chi connectivity index (χ0v) is 5.55. The van der Waals surface area contributed by atoms with Crippen molar-refractivity contribution in [3.05, 3.63) is 7.05 Å². The van der Waals surface area contributed by atoms with Crippen LogP contribution < -0.4 is 0 Å². The molecule has 0 N–H and O–H groups in total. The molecule has 52 valence electrons. The summed E-state index contributed by atoms with van der Waals surface area (Å²) in [5.74, 6) is 0. The Bertz CT molecular complexity index is 107. The van der Waals surface area contributed by atoms with Crippen molar-refractivity contribution in [2.24, 2.45) is 0 Å². The Hall–Kier alpha value is -0.0800. The van der Waals surface area contributed by atoms with E-state index in [2.05, 4.69) is 11.9 Å². The van der Waals surface area contributed by atoms with Crippen LogP contribution in [-0.2, 0) is 4.74 Å². The van der Waals surface area contributed by atoms with Gasteiger partial charge >= 0.3 is 0 Å². The Morgan fingerprint density at radius 1 is 1.44 bits per heavy atom. The van der Waals surface area contributed by atoms with Gasteiger partial charge in [-0.3, -0.25) is 7.05 Å². The molecule has 2 nitrogen and oxygen atoms in total. The van der Waals surface area contributed by atoms with E-state index in [1.165, 1.54) is 12.8 Å². The summed E-state index contributed by atoms with van der Waals surface area (Å²) in [5.41, 5.74) is 0. The van der Waals surface area contributed by atoms with Crippen molar-refractivity contribution < 1.29 is 4.74 Å². The van der Waals surface area contributed by atoms with Gasteiger partial charge in [0.15, 0.2) is 0 Å². The maximum atomic E-state index is 5.47. The van der Waals surface area contributed by atoms with Gasteiger partial charge in [0.2, 0.25) is 0 Å². The highest BCUT2D eigenvalue weighted by molar-refractivity contribution is 4.86. The molecule has 3 aliphatic heterocycles. The molecular weight excluding hydrogens is 114 g/mol. The third-order valence-electron chi connectivity index (χ3n) is 2.30. The van der Waals surface area contributed by atoms with Gasteiger partial charge in [0.25, 0.3) is 0 Å². The van der Waals surface area contributed by atoms with E-state index in [-0.39, 0.29) is 0 Å². The molecule has 0 saturated carbocycles. The lowest BCUT2D eigenvalue weighted by Crippen LogP contribution is -2.51. The number of ether oxygens (including phenoxy) is 1. The molecule has 0 amide bonds. The van der Waals surface area contributed by atoms with Crippen molar-refractivity contribution in [2.75, 3.05) is 13.2 Å². The average Bonchev–Trinajstić information content (AvgIpc) is 1.90. The Kier molecular flexibility index (Phi) is 1.24. The van der Waals surface area contributed by atoms with Crippen molar-refractivity contribution in [2.45, 2.75) is 25.0 Å². The molecule has 2 atom stereocenters.